The van der Waals surface area contributed by atoms with E-state index in [0.29, 0.717) is 11.5 Å². The molecule has 0 bridgehead atoms. The second-order valence-corrected chi connectivity index (χ2v) is 5.33. The van der Waals surface area contributed by atoms with Crippen LogP contribution in [0.5, 0.6) is 5.75 Å². The molecule has 19 heavy (non-hydrogen) atoms. The lowest BCUT2D eigenvalue weighted by Crippen LogP contribution is -2.20. The van der Waals surface area contributed by atoms with Crippen LogP contribution in [0, 0.1) is 5.92 Å². The molecule has 2 nitrogen and oxygen atoms in total. The van der Waals surface area contributed by atoms with E-state index >= 15 is 0 Å². The van der Waals surface area contributed by atoms with E-state index < -0.39 is 0 Å². The first kappa shape index (κ1) is 12.2. The van der Waals surface area contributed by atoms with E-state index in [1.807, 2.05) is 30.3 Å². The number of Topliss-reactive ketones (excluding diaryl/α,β-unsaturated/α-hetero) is 1. The Kier molecular flexibility index (Phi) is 3.24. The van der Waals surface area contributed by atoms with Gasteiger partial charge in [0.1, 0.15) is 5.75 Å². The van der Waals surface area contributed by atoms with Gasteiger partial charge in [-0.3, -0.25) is 4.79 Å². The number of hydrogen-bond acceptors (Lipinski definition) is 2. The average molecular weight is 254 g/mol. The molecule has 0 heterocycles. The minimum Gasteiger partial charge on any atom is -0.492 e. The molecule has 0 unspecified atom stereocenters. The highest BCUT2D eigenvalue weighted by Gasteiger charge is 2.20. The minimum absolute atomic E-state index is 0.0642. The topological polar surface area (TPSA) is 26.3 Å². The van der Waals surface area contributed by atoms with E-state index in [0.717, 1.165) is 23.1 Å². The van der Waals surface area contributed by atoms with Gasteiger partial charge in [0.25, 0.3) is 0 Å². The summed E-state index contributed by atoms with van der Waals surface area (Å²) in [6, 6.07) is 11.9. The number of ether oxygens (including phenoxy) is 1. The Morgan fingerprint density at radius 3 is 2.68 bits per heavy atom. The number of rotatable bonds is 4. The van der Waals surface area contributed by atoms with Crippen LogP contribution in [-0.2, 0) is 0 Å². The maximum atomic E-state index is 11.8. The molecule has 0 atom stereocenters. The molecule has 3 rings (SSSR count). The van der Waals surface area contributed by atoms with Crippen LogP contribution in [0.1, 0.15) is 36.5 Å². The molecule has 98 valence electrons. The predicted octanol–water partition coefficient (Wildman–Crippen LogP) is 4.22. The molecule has 0 spiro atoms. The van der Waals surface area contributed by atoms with Crippen LogP contribution >= 0.6 is 0 Å². The second-order valence-electron chi connectivity index (χ2n) is 5.33. The van der Waals surface area contributed by atoms with Crippen molar-refractivity contribution >= 4 is 16.6 Å². The van der Waals surface area contributed by atoms with Crippen LogP contribution in [0.2, 0.25) is 0 Å². The van der Waals surface area contributed by atoms with Gasteiger partial charge in [0.05, 0.1) is 12.2 Å². The van der Waals surface area contributed by atoms with Crippen LogP contribution in [-0.4, -0.2) is 12.4 Å². The van der Waals surface area contributed by atoms with Gasteiger partial charge in [-0.05, 0) is 37.1 Å². The standard InChI is InChI=1S/C17H18O2/c1-12(18)15-10-9-14-7-2-3-8-16(14)17(15)19-11-13-5-4-6-13/h2-3,7-10,13H,4-6,11H2,1H3. The zero-order valence-electron chi connectivity index (χ0n) is 11.2. The number of carbonyl (C=O) groups is 1. The van der Waals surface area contributed by atoms with Gasteiger partial charge in [0.15, 0.2) is 5.78 Å². The molecule has 0 radical (unpaired) electrons. The molecule has 2 aromatic rings. The summed E-state index contributed by atoms with van der Waals surface area (Å²) in [6.07, 6.45) is 3.81. The number of hydrogen-bond donors (Lipinski definition) is 0. The van der Waals surface area contributed by atoms with Crippen molar-refractivity contribution in [3.05, 3.63) is 42.0 Å². The highest BCUT2D eigenvalue weighted by atomic mass is 16.5. The third-order valence-electron chi connectivity index (χ3n) is 3.95. The molecule has 0 amide bonds. The quantitative estimate of drug-likeness (QED) is 0.763. The van der Waals surface area contributed by atoms with Crippen molar-refractivity contribution in [2.75, 3.05) is 6.61 Å². The van der Waals surface area contributed by atoms with Gasteiger partial charge in [-0.15, -0.1) is 0 Å². The molecule has 1 aliphatic carbocycles. The van der Waals surface area contributed by atoms with Gasteiger partial charge in [0.2, 0.25) is 0 Å². The van der Waals surface area contributed by atoms with Crippen molar-refractivity contribution in [3.63, 3.8) is 0 Å². The van der Waals surface area contributed by atoms with E-state index in [4.69, 9.17) is 4.74 Å². The molecular weight excluding hydrogens is 236 g/mol. The summed E-state index contributed by atoms with van der Waals surface area (Å²) in [6.45, 7) is 2.33. The Balaban J connectivity index is 2.00. The van der Waals surface area contributed by atoms with E-state index in [1.54, 1.807) is 6.92 Å². The largest absolute Gasteiger partial charge is 0.492 e. The lowest BCUT2D eigenvalue weighted by atomic mass is 9.86. The van der Waals surface area contributed by atoms with E-state index in [1.165, 1.54) is 19.3 Å². The van der Waals surface area contributed by atoms with Gasteiger partial charge in [-0.25, -0.2) is 0 Å². The summed E-state index contributed by atoms with van der Waals surface area (Å²) in [7, 11) is 0. The first-order chi connectivity index (χ1) is 9.25. The summed E-state index contributed by atoms with van der Waals surface area (Å²) in [4.78, 5) is 11.8. The molecule has 1 saturated carbocycles. The highest BCUT2D eigenvalue weighted by Crippen LogP contribution is 2.33. The van der Waals surface area contributed by atoms with E-state index in [-0.39, 0.29) is 5.78 Å². The van der Waals surface area contributed by atoms with Crippen LogP contribution in [0.25, 0.3) is 10.8 Å². The summed E-state index contributed by atoms with van der Waals surface area (Å²) in [5, 5.41) is 2.16. The minimum atomic E-state index is 0.0642. The Bertz CT molecular complexity index is 612. The Morgan fingerprint density at radius 1 is 1.21 bits per heavy atom. The molecule has 2 heteroatoms. The van der Waals surface area contributed by atoms with Gasteiger partial charge in [0, 0.05) is 5.39 Å². The molecule has 1 aliphatic rings. The highest BCUT2D eigenvalue weighted by molar-refractivity contribution is 6.03. The Hall–Kier alpha value is -1.83. The number of benzene rings is 2. The van der Waals surface area contributed by atoms with Crippen molar-refractivity contribution in [1.29, 1.82) is 0 Å². The van der Waals surface area contributed by atoms with Crippen LogP contribution in [0.4, 0.5) is 0 Å². The predicted molar refractivity (Wildman–Crippen MR) is 76.8 cm³/mol. The average Bonchev–Trinajstić information content (AvgIpc) is 2.36. The second kappa shape index (κ2) is 5.04. The monoisotopic (exact) mass is 254 g/mol. The zero-order chi connectivity index (χ0) is 13.2. The summed E-state index contributed by atoms with van der Waals surface area (Å²) >= 11 is 0. The molecule has 2 aromatic carbocycles. The summed E-state index contributed by atoms with van der Waals surface area (Å²) < 4.78 is 5.99. The van der Waals surface area contributed by atoms with Crippen molar-refractivity contribution in [1.82, 2.24) is 0 Å². The fourth-order valence-corrected chi connectivity index (χ4v) is 2.54. The van der Waals surface area contributed by atoms with Crippen molar-refractivity contribution in [2.45, 2.75) is 26.2 Å². The van der Waals surface area contributed by atoms with Crippen LogP contribution in [0.3, 0.4) is 0 Å². The SMILES string of the molecule is CC(=O)c1ccc2ccccc2c1OCC1CCC1. The first-order valence-electron chi connectivity index (χ1n) is 6.91. The number of ketones is 1. The summed E-state index contributed by atoms with van der Waals surface area (Å²) in [5.74, 6) is 1.49. The van der Waals surface area contributed by atoms with Gasteiger partial charge in [-0.1, -0.05) is 36.8 Å². The molecule has 0 aliphatic heterocycles. The summed E-state index contributed by atoms with van der Waals surface area (Å²) in [5.41, 5.74) is 0.693. The normalized spacial score (nSPS) is 15.2. The third-order valence-corrected chi connectivity index (χ3v) is 3.95. The molecule has 1 fully saturated rings. The lowest BCUT2D eigenvalue weighted by Gasteiger charge is -2.26. The van der Waals surface area contributed by atoms with E-state index in [2.05, 4.69) is 6.07 Å². The van der Waals surface area contributed by atoms with Gasteiger partial charge < -0.3 is 4.74 Å². The van der Waals surface area contributed by atoms with E-state index in [9.17, 15) is 4.79 Å². The third kappa shape index (κ3) is 2.35. The van der Waals surface area contributed by atoms with Crippen LogP contribution in [0.15, 0.2) is 36.4 Å². The first-order valence-corrected chi connectivity index (χ1v) is 6.91. The number of carbonyl (C=O) groups excluding carboxylic acids is 1. The number of fused-ring (bicyclic) bond motifs is 1. The lowest BCUT2D eigenvalue weighted by molar-refractivity contribution is 0.101. The maximum Gasteiger partial charge on any atom is 0.163 e. The van der Waals surface area contributed by atoms with Gasteiger partial charge in [-0.2, -0.15) is 0 Å². The molecular formula is C17H18O2. The van der Waals surface area contributed by atoms with Crippen molar-refractivity contribution in [2.24, 2.45) is 5.92 Å². The molecule has 0 aromatic heterocycles. The Morgan fingerprint density at radius 2 is 2.00 bits per heavy atom. The Labute approximate surface area is 113 Å². The smallest absolute Gasteiger partial charge is 0.163 e. The molecule has 0 saturated heterocycles. The van der Waals surface area contributed by atoms with Crippen molar-refractivity contribution < 1.29 is 9.53 Å². The zero-order valence-corrected chi connectivity index (χ0v) is 11.2. The van der Waals surface area contributed by atoms with Crippen molar-refractivity contribution in [3.8, 4) is 5.75 Å². The van der Waals surface area contributed by atoms with Crippen LogP contribution < -0.4 is 4.74 Å². The van der Waals surface area contributed by atoms with Gasteiger partial charge >= 0.3 is 0 Å². The molecule has 0 N–H and O–H groups in total. The fraction of sp³-hybridized carbons (Fsp3) is 0.353. The maximum absolute atomic E-state index is 11.8. The fourth-order valence-electron chi connectivity index (χ4n) is 2.54.